The molecule has 0 saturated carbocycles. The van der Waals surface area contributed by atoms with Crippen LogP contribution in [0.2, 0.25) is 0 Å². The number of hydrogen-bond acceptors (Lipinski definition) is 3. The van der Waals surface area contributed by atoms with E-state index in [4.69, 9.17) is 0 Å². The van der Waals surface area contributed by atoms with Gasteiger partial charge in [-0.1, -0.05) is 0 Å². The molecule has 0 saturated heterocycles. The maximum atomic E-state index is 12.9. The van der Waals surface area contributed by atoms with Crippen molar-refractivity contribution in [3.63, 3.8) is 0 Å². The van der Waals surface area contributed by atoms with Gasteiger partial charge < -0.3 is 5.32 Å². The van der Waals surface area contributed by atoms with E-state index in [1.54, 1.807) is 0 Å². The Morgan fingerprint density at radius 3 is 2.71 bits per heavy atom. The molecule has 6 heteroatoms. The van der Waals surface area contributed by atoms with Gasteiger partial charge >= 0.3 is 0 Å². The first-order valence-corrected chi connectivity index (χ1v) is 3.71. The molecule has 0 radical (unpaired) electrons. The molecule has 0 aliphatic rings. The summed E-state index contributed by atoms with van der Waals surface area (Å²) in [5, 5.41) is 12.6. The highest BCUT2D eigenvalue weighted by molar-refractivity contribution is 5.77. The summed E-state index contributed by atoms with van der Waals surface area (Å²) in [4.78, 5) is 19.8. The number of aryl methyl sites for hydroxylation is 1. The summed E-state index contributed by atoms with van der Waals surface area (Å²) >= 11 is 0. The lowest BCUT2D eigenvalue weighted by molar-refractivity contribution is -0.384. The van der Waals surface area contributed by atoms with Gasteiger partial charge in [0.1, 0.15) is 11.5 Å². The Balaban J connectivity index is 3.30. The van der Waals surface area contributed by atoms with Gasteiger partial charge in [-0.25, -0.2) is 4.39 Å². The Hall–Kier alpha value is -1.98. The minimum atomic E-state index is -0.756. The van der Waals surface area contributed by atoms with Crippen molar-refractivity contribution in [1.82, 2.24) is 0 Å². The fourth-order valence-corrected chi connectivity index (χ4v) is 1.00. The second kappa shape index (κ2) is 3.82. The zero-order valence-corrected chi connectivity index (χ0v) is 7.28. The number of benzene rings is 1. The lowest BCUT2D eigenvalue weighted by Crippen LogP contribution is -2.01. The van der Waals surface area contributed by atoms with E-state index in [1.165, 1.54) is 13.0 Å². The standard InChI is InChI=1S/C8H7FN2O3/c1-5-2-7(10-4-12)8(11(13)14)3-6(5)9/h2-4H,1H3,(H,10,12). The molecule has 0 aromatic heterocycles. The first-order valence-electron chi connectivity index (χ1n) is 3.71. The molecule has 14 heavy (non-hydrogen) atoms. The van der Waals surface area contributed by atoms with Gasteiger partial charge in [-0.15, -0.1) is 0 Å². The highest BCUT2D eigenvalue weighted by Gasteiger charge is 2.16. The number of halogens is 1. The van der Waals surface area contributed by atoms with Crippen LogP contribution in [0.4, 0.5) is 15.8 Å². The van der Waals surface area contributed by atoms with Gasteiger partial charge in [-0.3, -0.25) is 14.9 Å². The largest absolute Gasteiger partial charge is 0.323 e. The number of carbonyl (C=O) groups is 1. The average molecular weight is 198 g/mol. The number of nitro benzene ring substituents is 1. The Bertz CT molecular complexity index is 392. The predicted octanol–water partition coefficient (Wildman–Crippen LogP) is 1.61. The molecule has 1 amide bonds. The molecule has 0 aliphatic heterocycles. The maximum Gasteiger partial charge on any atom is 0.295 e. The quantitative estimate of drug-likeness (QED) is 0.455. The number of nitrogens with zero attached hydrogens (tertiary/aromatic N) is 1. The average Bonchev–Trinajstić information content (AvgIpc) is 2.11. The van der Waals surface area contributed by atoms with Crippen LogP contribution in [0.5, 0.6) is 0 Å². The molecule has 0 fully saturated rings. The lowest BCUT2D eigenvalue weighted by atomic mass is 10.2. The van der Waals surface area contributed by atoms with Crippen molar-refractivity contribution in [2.45, 2.75) is 6.92 Å². The van der Waals surface area contributed by atoms with E-state index >= 15 is 0 Å². The molecular formula is C8H7FN2O3. The number of carbonyl (C=O) groups excluding carboxylic acids is 1. The van der Waals surface area contributed by atoms with Gasteiger partial charge in [-0.2, -0.15) is 0 Å². The Morgan fingerprint density at radius 1 is 1.57 bits per heavy atom. The van der Waals surface area contributed by atoms with Crippen LogP contribution in [0.1, 0.15) is 5.56 Å². The number of rotatable bonds is 3. The molecule has 1 aromatic carbocycles. The van der Waals surface area contributed by atoms with Crippen LogP contribution in [0.25, 0.3) is 0 Å². The van der Waals surface area contributed by atoms with Gasteiger partial charge in [0.15, 0.2) is 0 Å². The summed E-state index contributed by atoms with van der Waals surface area (Å²) < 4.78 is 12.9. The topological polar surface area (TPSA) is 72.2 Å². The number of nitro groups is 1. The van der Waals surface area contributed by atoms with E-state index in [1.807, 2.05) is 0 Å². The summed E-state index contributed by atoms with van der Waals surface area (Å²) in [6.07, 6.45) is 0.305. The van der Waals surface area contributed by atoms with Crippen LogP contribution >= 0.6 is 0 Å². The molecule has 5 nitrogen and oxygen atoms in total. The number of hydrogen-bond donors (Lipinski definition) is 1. The molecule has 1 rings (SSSR count). The van der Waals surface area contributed by atoms with Gasteiger partial charge in [0.25, 0.3) is 5.69 Å². The maximum absolute atomic E-state index is 12.9. The predicted molar refractivity (Wildman–Crippen MR) is 47.5 cm³/mol. The first kappa shape index (κ1) is 10.1. The summed E-state index contributed by atoms with van der Waals surface area (Å²) in [6.45, 7) is 1.45. The monoisotopic (exact) mass is 198 g/mol. The van der Waals surface area contributed by atoms with E-state index in [-0.39, 0.29) is 11.3 Å². The molecule has 74 valence electrons. The van der Waals surface area contributed by atoms with Crippen molar-refractivity contribution in [3.8, 4) is 0 Å². The van der Waals surface area contributed by atoms with Crippen molar-refractivity contribution in [1.29, 1.82) is 0 Å². The van der Waals surface area contributed by atoms with Crippen LogP contribution in [0, 0.1) is 22.9 Å². The molecular weight excluding hydrogens is 191 g/mol. The van der Waals surface area contributed by atoms with Crippen molar-refractivity contribution in [2.24, 2.45) is 0 Å². The van der Waals surface area contributed by atoms with Gasteiger partial charge in [0.2, 0.25) is 6.41 Å². The van der Waals surface area contributed by atoms with Gasteiger partial charge in [-0.05, 0) is 18.6 Å². The number of amides is 1. The van der Waals surface area contributed by atoms with Crippen molar-refractivity contribution >= 4 is 17.8 Å². The van der Waals surface area contributed by atoms with Crippen molar-refractivity contribution in [2.75, 3.05) is 5.32 Å². The molecule has 0 bridgehead atoms. The zero-order valence-electron chi connectivity index (χ0n) is 7.28. The second-order valence-corrected chi connectivity index (χ2v) is 2.64. The SMILES string of the molecule is Cc1cc(NC=O)c([N+](=O)[O-])cc1F. The van der Waals surface area contributed by atoms with E-state index < -0.39 is 16.4 Å². The number of nitrogens with one attached hydrogen (secondary N) is 1. The second-order valence-electron chi connectivity index (χ2n) is 2.64. The number of anilines is 1. The molecule has 1 N–H and O–H groups in total. The van der Waals surface area contributed by atoms with E-state index in [0.717, 1.165) is 6.07 Å². The summed E-state index contributed by atoms with van der Waals surface area (Å²) in [5.41, 5.74) is -0.232. The Morgan fingerprint density at radius 2 is 2.21 bits per heavy atom. The van der Waals surface area contributed by atoms with Crippen LogP contribution in [0.15, 0.2) is 12.1 Å². The highest BCUT2D eigenvalue weighted by Crippen LogP contribution is 2.26. The molecule has 0 unspecified atom stereocenters. The molecule has 0 heterocycles. The van der Waals surface area contributed by atoms with E-state index in [2.05, 4.69) is 5.32 Å². The summed E-state index contributed by atoms with van der Waals surface area (Å²) in [7, 11) is 0. The fraction of sp³-hybridized carbons (Fsp3) is 0.125. The van der Waals surface area contributed by atoms with E-state index in [0.29, 0.717) is 6.41 Å². The first-order chi connectivity index (χ1) is 6.56. The minimum absolute atomic E-state index is 0.0103. The summed E-state index contributed by atoms with van der Waals surface area (Å²) in [6, 6.07) is 1.99. The van der Waals surface area contributed by atoms with Crippen molar-refractivity contribution in [3.05, 3.63) is 33.6 Å². The summed E-state index contributed by atoms with van der Waals surface area (Å²) in [5.74, 6) is -0.673. The smallest absolute Gasteiger partial charge is 0.295 e. The Kier molecular flexibility index (Phi) is 2.76. The van der Waals surface area contributed by atoms with Crippen molar-refractivity contribution < 1.29 is 14.1 Å². The molecule has 1 aromatic rings. The minimum Gasteiger partial charge on any atom is -0.323 e. The third kappa shape index (κ3) is 1.85. The molecule has 0 atom stereocenters. The van der Waals surface area contributed by atoms with Gasteiger partial charge in [0, 0.05) is 0 Å². The highest BCUT2D eigenvalue weighted by atomic mass is 19.1. The van der Waals surface area contributed by atoms with Crippen LogP contribution in [0.3, 0.4) is 0 Å². The fourth-order valence-electron chi connectivity index (χ4n) is 1.00. The normalized spacial score (nSPS) is 9.57. The third-order valence-corrected chi connectivity index (χ3v) is 1.69. The third-order valence-electron chi connectivity index (χ3n) is 1.69. The Labute approximate surface area is 78.7 Å². The lowest BCUT2D eigenvalue weighted by Gasteiger charge is -2.02. The molecule has 0 aliphatic carbocycles. The zero-order chi connectivity index (χ0) is 10.7. The van der Waals surface area contributed by atoms with Gasteiger partial charge in [0.05, 0.1) is 11.0 Å². The molecule has 0 spiro atoms. The van der Waals surface area contributed by atoms with E-state index in [9.17, 15) is 19.3 Å². The van der Waals surface area contributed by atoms with Crippen LogP contribution in [-0.2, 0) is 4.79 Å². The van der Waals surface area contributed by atoms with Crippen LogP contribution < -0.4 is 5.32 Å². The van der Waals surface area contributed by atoms with Crippen LogP contribution in [-0.4, -0.2) is 11.3 Å².